The van der Waals surface area contributed by atoms with E-state index in [1.54, 1.807) is 24.3 Å². The Balaban J connectivity index is 2.77. The van der Waals surface area contributed by atoms with E-state index < -0.39 is 0 Å². The quantitative estimate of drug-likeness (QED) is 0.715. The van der Waals surface area contributed by atoms with Crippen molar-refractivity contribution in [2.75, 3.05) is 11.5 Å². The van der Waals surface area contributed by atoms with E-state index in [0.717, 1.165) is 0 Å². The van der Waals surface area contributed by atoms with Crippen LogP contribution in [0.5, 0.6) is 0 Å². The summed E-state index contributed by atoms with van der Waals surface area (Å²) in [5.74, 6) is 0. The summed E-state index contributed by atoms with van der Waals surface area (Å²) in [4.78, 5) is 0. The molecule has 0 amide bonds. The van der Waals surface area contributed by atoms with Crippen LogP contribution in [0, 0.1) is 0 Å². The van der Waals surface area contributed by atoms with Crippen LogP contribution >= 0.6 is 46.4 Å². The molecule has 0 aliphatic rings. The Bertz CT molecular complexity index is 626. The third kappa shape index (κ3) is 2.34. The molecule has 0 aliphatic carbocycles. The number of hydrogen-bond donors (Lipinski definition) is 2. The van der Waals surface area contributed by atoms with Crippen LogP contribution < -0.4 is 11.5 Å². The number of hydrogen-bond acceptors (Lipinski definition) is 2. The molecule has 2 aromatic carbocycles. The van der Waals surface area contributed by atoms with Gasteiger partial charge in [-0.25, -0.2) is 0 Å². The first-order valence-electron chi connectivity index (χ1n) is 4.90. The van der Waals surface area contributed by atoms with E-state index in [9.17, 15) is 0 Å². The Morgan fingerprint density at radius 3 is 2.00 bits per heavy atom. The van der Waals surface area contributed by atoms with Gasteiger partial charge < -0.3 is 11.5 Å². The third-order valence-electron chi connectivity index (χ3n) is 2.50. The van der Waals surface area contributed by atoms with E-state index in [4.69, 9.17) is 57.9 Å². The van der Waals surface area contributed by atoms with Gasteiger partial charge in [-0.3, -0.25) is 0 Å². The molecule has 0 fully saturated rings. The first kappa shape index (κ1) is 13.6. The van der Waals surface area contributed by atoms with Gasteiger partial charge in [-0.2, -0.15) is 0 Å². The molecular formula is C12H8Cl4N2. The highest BCUT2D eigenvalue weighted by atomic mass is 35.5. The van der Waals surface area contributed by atoms with Crippen molar-refractivity contribution >= 4 is 57.8 Å². The molecule has 2 aromatic rings. The molecule has 4 N–H and O–H groups in total. The Morgan fingerprint density at radius 2 is 1.33 bits per heavy atom. The van der Waals surface area contributed by atoms with Crippen LogP contribution in [-0.4, -0.2) is 0 Å². The maximum Gasteiger partial charge on any atom is 0.0642 e. The zero-order chi connectivity index (χ0) is 13.4. The van der Waals surface area contributed by atoms with Crippen LogP contribution in [0.3, 0.4) is 0 Å². The Hall–Kier alpha value is -0.800. The van der Waals surface area contributed by atoms with Crippen LogP contribution in [-0.2, 0) is 0 Å². The number of nitrogen functional groups attached to an aromatic ring is 2. The number of nitrogens with two attached hydrogens (primary N) is 2. The lowest BCUT2D eigenvalue weighted by Crippen LogP contribution is -1.95. The first-order valence-corrected chi connectivity index (χ1v) is 6.41. The summed E-state index contributed by atoms with van der Waals surface area (Å²) in [6.07, 6.45) is 0. The van der Waals surface area contributed by atoms with Gasteiger partial charge in [0.2, 0.25) is 0 Å². The molecule has 18 heavy (non-hydrogen) atoms. The fraction of sp³-hybridized carbons (Fsp3) is 0. The van der Waals surface area contributed by atoms with Gasteiger partial charge in [0.15, 0.2) is 0 Å². The first-order chi connectivity index (χ1) is 8.41. The highest BCUT2D eigenvalue weighted by Gasteiger charge is 2.15. The van der Waals surface area contributed by atoms with E-state index in [0.29, 0.717) is 42.6 Å². The van der Waals surface area contributed by atoms with E-state index in [2.05, 4.69) is 0 Å². The summed E-state index contributed by atoms with van der Waals surface area (Å²) in [7, 11) is 0. The molecule has 2 nitrogen and oxygen atoms in total. The van der Waals surface area contributed by atoms with Gasteiger partial charge in [0, 0.05) is 11.1 Å². The minimum Gasteiger partial charge on any atom is -0.397 e. The molecule has 0 aromatic heterocycles. The van der Waals surface area contributed by atoms with Crippen molar-refractivity contribution in [3.63, 3.8) is 0 Å². The van der Waals surface area contributed by atoms with Crippen molar-refractivity contribution in [1.82, 2.24) is 0 Å². The lowest BCUT2D eigenvalue weighted by molar-refractivity contribution is 1.60. The molecule has 94 valence electrons. The number of benzene rings is 2. The molecule has 0 spiro atoms. The topological polar surface area (TPSA) is 52.0 Å². The Labute approximate surface area is 124 Å². The van der Waals surface area contributed by atoms with E-state index >= 15 is 0 Å². The average molecular weight is 322 g/mol. The molecular weight excluding hydrogens is 314 g/mol. The fourth-order valence-corrected chi connectivity index (χ4v) is 2.45. The van der Waals surface area contributed by atoms with Gasteiger partial charge >= 0.3 is 0 Å². The number of rotatable bonds is 1. The average Bonchev–Trinajstić information content (AvgIpc) is 2.31. The molecule has 0 unspecified atom stereocenters. The van der Waals surface area contributed by atoms with Gasteiger partial charge in [-0.1, -0.05) is 46.4 Å². The second-order valence-electron chi connectivity index (χ2n) is 3.67. The summed E-state index contributed by atoms with van der Waals surface area (Å²) in [6.45, 7) is 0. The summed E-state index contributed by atoms with van der Waals surface area (Å²) in [6, 6.07) is 6.44. The molecule has 0 saturated heterocycles. The van der Waals surface area contributed by atoms with Crippen molar-refractivity contribution in [3.05, 3.63) is 44.4 Å². The van der Waals surface area contributed by atoms with Crippen LogP contribution in [0.1, 0.15) is 0 Å². The van der Waals surface area contributed by atoms with Gasteiger partial charge in [-0.15, -0.1) is 0 Å². The lowest BCUT2D eigenvalue weighted by Gasteiger charge is -2.13. The van der Waals surface area contributed by atoms with Gasteiger partial charge in [0.1, 0.15) is 0 Å². The van der Waals surface area contributed by atoms with Crippen LogP contribution in [0.15, 0.2) is 24.3 Å². The maximum atomic E-state index is 6.14. The molecule has 6 heteroatoms. The Kier molecular flexibility index (Phi) is 3.83. The highest BCUT2D eigenvalue weighted by molar-refractivity contribution is 6.41. The minimum atomic E-state index is 0.354. The van der Waals surface area contributed by atoms with Gasteiger partial charge in [0.05, 0.1) is 31.5 Å². The monoisotopic (exact) mass is 320 g/mol. The third-order valence-corrected chi connectivity index (χ3v) is 3.78. The Morgan fingerprint density at radius 1 is 0.722 bits per heavy atom. The lowest BCUT2D eigenvalue weighted by atomic mass is 10.0. The van der Waals surface area contributed by atoms with Crippen molar-refractivity contribution in [1.29, 1.82) is 0 Å². The summed E-state index contributed by atoms with van der Waals surface area (Å²) in [5.41, 5.74) is 13.5. The predicted molar refractivity (Wildman–Crippen MR) is 80.7 cm³/mol. The normalized spacial score (nSPS) is 10.7. The molecule has 0 atom stereocenters. The van der Waals surface area contributed by atoms with Gasteiger partial charge in [0.25, 0.3) is 0 Å². The SMILES string of the molecule is Nc1cc(Cl)c(-c2c(Cl)ccc(Cl)c2N)cc1Cl. The van der Waals surface area contributed by atoms with E-state index in [-0.39, 0.29) is 0 Å². The largest absolute Gasteiger partial charge is 0.397 e. The number of halogens is 4. The zero-order valence-corrected chi connectivity index (χ0v) is 12.0. The van der Waals surface area contributed by atoms with E-state index in [1.807, 2.05) is 0 Å². The number of anilines is 2. The van der Waals surface area contributed by atoms with Crippen molar-refractivity contribution in [3.8, 4) is 11.1 Å². The van der Waals surface area contributed by atoms with Crippen LogP contribution in [0.2, 0.25) is 20.1 Å². The van der Waals surface area contributed by atoms with E-state index in [1.165, 1.54) is 0 Å². The van der Waals surface area contributed by atoms with Crippen LogP contribution in [0.25, 0.3) is 11.1 Å². The second-order valence-corrected chi connectivity index (χ2v) is 5.30. The van der Waals surface area contributed by atoms with Crippen LogP contribution in [0.4, 0.5) is 11.4 Å². The van der Waals surface area contributed by atoms with Crippen molar-refractivity contribution in [2.24, 2.45) is 0 Å². The maximum absolute atomic E-state index is 6.14. The predicted octanol–water partition coefficient (Wildman–Crippen LogP) is 5.13. The molecule has 0 saturated carbocycles. The molecule has 0 aliphatic heterocycles. The molecule has 0 bridgehead atoms. The van der Waals surface area contributed by atoms with Crippen molar-refractivity contribution in [2.45, 2.75) is 0 Å². The zero-order valence-electron chi connectivity index (χ0n) is 8.98. The molecule has 2 rings (SSSR count). The summed E-state index contributed by atoms with van der Waals surface area (Å²) in [5, 5.41) is 1.63. The molecule has 0 heterocycles. The fourth-order valence-electron chi connectivity index (χ4n) is 1.60. The van der Waals surface area contributed by atoms with Crippen molar-refractivity contribution < 1.29 is 0 Å². The highest BCUT2D eigenvalue weighted by Crippen LogP contribution is 2.42. The standard InChI is InChI=1S/C12H8Cl4N2/c13-6-1-2-7(14)12(18)11(6)5-3-9(16)10(17)4-8(5)15/h1-4H,17-18H2. The summed E-state index contributed by atoms with van der Waals surface area (Å²) >= 11 is 24.2. The van der Waals surface area contributed by atoms with Gasteiger partial charge in [-0.05, 0) is 24.3 Å². The molecule has 0 radical (unpaired) electrons. The minimum absolute atomic E-state index is 0.354. The second kappa shape index (κ2) is 5.06. The summed E-state index contributed by atoms with van der Waals surface area (Å²) < 4.78 is 0. The smallest absolute Gasteiger partial charge is 0.0642 e.